The average molecular weight is 416 g/mol. The maximum absolute atomic E-state index is 12.7. The maximum Gasteiger partial charge on any atom is 0.407 e. The molecule has 0 saturated carbocycles. The van der Waals surface area contributed by atoms with Crippen LogP contribution < -0.4 is 10.6 Å². The van der Waals surface area contributed by atoms with Crippen molar-refractivity contribution in [2.24, 2.45) is 0 Å². The van der Waals surface area contributed by atoms with E-state index in [0.29, 0.717) is 22.3 Å². The van der Waals surface area contributed by atoms with Crippen LogP contribution >= 0.6 is 23.2 Å². The summed E-state index contributed by atoms with van der Waals surface area (Å²) < 4.78 is 5.30. The van der Waals surface area contributed by atoms with Crippen molar-refractivity contribution in [3.05, 3.63) is 28.2 Å². The molecule has 0 aromatic heterocycles. The van der Waals surface area contributed by atoms with Crippen LogP contribution in [0.1, 0.15) is 40.5 Å². The lowest BCUT2D eigenvalue weighted by atomic mass is 9.99. The predicted octanol–water partition coefficient (Wildman–Crippen LogP) is 4.31. The molecule has 2 rings (SSSR count). The number of hydrogen-bond acceptors (Lipinski definition) is 4. The summed E-state index contributed by atoms with van der Waals surface area (Å²) >= 11 is 12.0. The van der Waals surface area contributed by atoms with E-state index < -0.39 is 11.7 Å². The van der Waals surface area contributed by atoms with E-state index in [1.54, 1.807) is 23.1 Å². The van der Waals surface area contributed by atoms with Gasteiger partial charge in [-0.1, -0.05) is 23.2 Å². The predicted molar refractivity (Wildman–Crippen MR) is 109 cm³/mol. The van der Waals surface area contributed by atoms with Gasteiger partial charge in [-0.15, -0.1) is 0 Å². The van der Waals surface area contributed by atoms with Crippen LogP contribution in [0, 0.1) is 0 Å². The largest absolute Gasteiger partial charge is 0.444 e. The minimum Gasteiger partial charge on any atom is -0.444 e. The molecule has 150 valence electrons. The first-order valence-electron chi connectivity index (χ1n) is 9.02. The zero-order valence-corrected chi connectivity index (χ0v) is 17.7. The molecule has 8 heteroatoms. The molecule has 0 unspecified atom stereocenters. The molecule has 0 radical (unpaired) electrons. The number of alkyl carbamates (subject to hydrolysis) is 1. The maximum atomic E-state index is 12.7. The van der Waals surface area contributed by atoms with Gasteiger partial charge in [-0.3, -0.25) is 4.79 Å². The van der Waals surface area contributed by atoms with E-state index >= 15 is 0 Å². The van der Waals surface area contributed by atoms with Crippen molar-refractivity contribution in [3.8, 4) is 0 Å². The van der Waals surface area contributed by atoms with Gasteiger partial charge in [0.05, 0.1) is 6.54 Å². The highest BCUT2D eigenvalue weighted by atomic mass is 35.5. The first-order chi connectivity index (χ1) is 12.5. The lowest BCUT2D eigenvalue weighted by Gasteiger charge is -2.38. The fourth-order valence-electron chi connectivity index (χ4n) is 2.98. The van der Waals surface area contributed by atoms with Gasteiger partial charge in [0, 0.05) is 34.4 Å². The molecule has 1 heterocycles. The van der Waals surface area contributed by atoms with Gasteiger partial charge < -0.3 is 20.3 Å². The lowest BCUT2D eigenvalue weighted by molar-refractivity contribution is -0.133. The van der Waals surface area contributed by atoms with Crippen LogP contribution in [-0.2, 0) is 9.53 Å². The van der Waals surface area contributed by atoms with Crippen LogP contribution in [-0.4, -0.2) is 47.7 Å². The molecule has 0 bridgehead atoms. The minimum atomic E-state index is -0.552. The second-order valence-corrected chi connectivity index (χ2v) is 8.70. The number of nitrogens with one attached hydrogen (secondary N) is 2. The summed E-state index contributed by atoms with van der Waals surface area (Å²) in [5.74, 6) is -0.0470. The van der Waals surface area contributed by atoms with Gasteiger partial charge in [-0.2, -0.15) is 0 Å². The van der Waals surface area contributed by atoms with Crippen molar-refractivity contribution in [2.45, 2.75) is 58.2 Å². The van der Waals surface area contributed by atoms with Crippen molar-refractivity contribution in [1.29, 1.82) is 0 Å². The van der Waals surface area contributed by atoms with Crippen LogP contribution in [0.4, 0.5) is 10.5 Å². The summed E-state index contributed by atoms with van der Waals surface area (Å²) in [6, 6.07) is 5.05. The van der Waals surface area contributed by atoms with Crippen LogP contribution in [0.3, 0.4) is 0 Å². The van der Waals surface area contributed by atoms with Crippen molar-refractivity contribution >= 4 is 40.9 Å². The summed E-state index contributed by atoms with van der Waals surface area (Å²) in [7, 11) is 0. The Morgan fingerprint density at radius 3 is 2.41 bits per heavy atom. The monoisotopic (exact) mass is 415 g/mol. The van der Waals surface area contributed by atoms with Gasteiger partial charge in [0.1, 0.15) is 5.60 Å². The minimum absolute atomic E-state index is 0.0470. The Bertz CT molecular complexity index is 671. The average Bonchev–Trinajstić information content (AvgIpc) is 2.51. The number of carbonyl (C=O) groups is 2. The molecule has 27 heavy (non-hydrogen) atoms. The highest BCUT2D eigenvalue weighted by Gasteiger charge is 2.30. The van der Waals surface area contributed by atoms with Crippen LogP contribution in [0.15, 0.2) is 18.2 Å². The molecule has 1 saturated heterocycles. The fourth-order valence-corrected chi connectivity index (χ4v) is 3.51. The number of halogens is 2. The SMILES string of the molecule is C[C@H]1CC[C@H](NC(=O)OC(C)(C)C)CN1C(=O)CNc1cc(Cl)cc(Cl)c1. The third kappa shape index (κ3) is 7.11. The zero-order valence-electron chi connectivity index (χ0n) is 16.1. The Morgan fingerprint density at radius 1 is 1.19 bits per heavy atom. The number of piperidine rings is 1. The van der Waals surface area contributed by atoms with Gasteiger partial charge in [0.25, 0.3) is 0 Å². The molecule has 2 N–H and O–H groups in total. The number of anilines is 1. The van der Waals surface area contributed by atoms with Gasteiger partial charge in [0.15, 0.2) is 0 Å². The molecule has 0 spiro atoms. The molecular weight excluding hydrogens is 389 g/mol. The second kappa shape index (κ2) is 9.02. The third-order valence-electron chi connectivity index (χ3n) is 4.23. The molecule has 1 fully saturated rings. The first-order valence-corrected chi connectivity index (χ1v) is 9.78. The Kier molecular flexibility index (Phi) is 7.23. The van der Waals surface area contributed by atoms with Gasteiger partial charge >= 0.3 is 6.09 Å². The van der Waals surface area contributed by atoms with E-state index in [4.69, 9.17) is 27.9 Å². The Hall–Kier alpha value is -1.66. The molecule has 1 aliphatic rings. The summed E-state index contributed by atoms with van der Waals surface area (Å²) in [5, 5.41) is 6.93. The summed E-state index contributed by atoms with van der Waals surface area (Å²) in [5.41, 5.74) is 0.137. The van der Waals surface area contributed by atoms with Crippen molar-refractivity contribution < 1.29 is 14.3 Å². The van der Waals surface area contributed by atoms with E-state index in [2.05, 4.69) is 10.6 Å². The van der Waals surface area contributed by atoms with E-state index in [0.717, 1.165) is 12.8 Å². The van der Waals surface area contributed by atoms with Gasteiger partial charge in [-0.05, 0) is 58.7 Å². The number of amides is 2. The van der Waals surface area contributed by atoms with E-state index in [1.165, 1.54) is 0 Å². The van der Waals surface area contributed by atoms with Crippen LogP contribution in [0.25, 0.3) is 0 Å². The second-order valence-electron chi connectivity index (χ2n) is 7.83. The molecule has 1 aliphatic heterocycles. The number of rotatable bonds is 4. The topological polar surface area (TPSA) is 70.7 Å². The number of benzene rings is 1. The molecule has 1 aromatic carbocycles. The number of nitrogens with zero attached hydrogens (tertiary/aromatic N) is 1. The molecular formula is C19H27Cl2N3O3. The Morgan fingerprint density at radius 2 is 1.81 bits per heavy atom. The first kappa shape index (κ1) is 21.6. The molecule has 0 aliphatic carbocycles. The molecule has 2 atom stereocenters. The summed E-state index contributed by atoms with van der Waals surface area (Å²) in [4.78, 5) is 26.4. The highest BCUT2D eigenvalue weighted by molar-refractivity contribution is 6.35. The summed E-state index contributed by atoms with van der Waals surface area (Å²) in [6.45, 7) is 8.05. The smallest absolute Gasteiger partial charge is 0.407 e. The van der Waals surface area contributed by atoms with Crippen LogP contribution in [0.5, 0.6) is 0 Å². The normalized spacial score (nSPS) is 20.1. The Balaban J connectivity index is 1.91. The zero-order chi connectivity index (χ0) is 20.2. The fraction of sp³-hybridized carbons (Fsp3) is 0.579. The number of carbonyl (C=O) groups excluding carboxylic acids is 2. The van der Waals surface area contributed by atoms with Crippen LogP contribution in [0.2, 0.25) is 10.0 Å². The molecule has 2 amide bonds. The van der Waals surface area contributed by atoms with Gasteiger partial charge in [-0.25, -0.2) is 4.79 Å². The van der Waals surface area contributed by atoms with Crippen molar-refractivity contribution in [1.82, 2.24) is 10.2 Å². The number of ether oxygens (including phenoxy) is 1. The highest BCUT2D eigenvalue weighted by Crippen LogP contribution is 2.23. The van der Waals surface area contributed by atoms with E-state index in [-0.39, 0.29) is 24.5 Å². The lowest BCUT2D eigenvalue weighted by Crippen LogP contribution is -2.54. The van der Waals surface area contributed by atoms with E-state index in [9.17, 15) is 9.59 Å². The van der Waals surface area contributed by atoms with Crippen molar-refractivity contribution in [2.75, 3.05) is 18.4 Å². The number of hydrogen-bond donors (Lipinski definition) is 2. The standard InChI is InChI=1S/C19H27Cl2N3O3/c1-12-5-6-15(23-18(26)27-19(2,3)4)11-24(12)17(25)10-22-16-8-13(20)7-14(21)9-16/h7-9,12,15,22H,5-6,10-11H2,1-4H3,(H,23,26)/t12-,15-/m0/s1. The van der Waals surface area contributed by atoms with Gasteiger partial charge in [0.2, 0.25) is 5.91 Å². The Labute approximate surface area is 170 Å². The number of likely N-dealkylation sites (tertiary alicyclic amines) is 1. The molecule has 6 nitrogen and oxygen atoms in total. The third-order valence-corrected chi connectivity index (χ3v) is 4.67. The quantitative estimate of drug-likeness (QED) is 0.768. The van der Waals surface area contributed by atoms with Crippen molar-refractivity contribution in [3.63, 3.8) is 0 Å². The molecule has 1 aromatic rings. The summed E-state index contributed by atoms with van der Waals surface area (Å²) in [6.07, 6.45) is 1.16. The van der Waals surface area contributed by atoms with E-state index in [1.807, 2.05) is 27.7 Å².